The summed E-state index contributed by atoms with van der Waals surface area (Å²) >= 11 is 0. The van der Waals surface area contributed by atoms with Gasteiger partial charge in [0.1, 0.15) is 22.7 Å². The Morgan fingerprint density at radius 1 is 0.570 bits per heavy atom. The number of hydrogen-bond acceptors (Lipinski definition) is 11. The van der Waals surface area contributed by atoms with E-state index in [4.69, 9.17) is 15.1 Å². The summed E-state index contributed by atoms with van der Waals surface area (Å²) in [4.78, 5) is 54.7. The Morgan fingerprint density at radius 2 is 1.00 bits per heavy atom. The summed E-state index contributed by atoms with van der Waals surface area (Å²) in [7, 11) is 2.66. The largest absolute Gasteiger partial charge is 0.434 e. The minimum Gasteiger partial charge on any atom is -0.400 e. The van der Waals surface area contributed by atoms with Crippen molar-refractivity contribution in [2.24, 2.45) is 7.05 Å². The first kappa shape index (κ1) is 56.7. The highest BCUT2D eigenvalue weighted by Gasteiger charge is 2.36. The molecule has 10 rings (SSSR count). The summed E-state index contributed by atoms with van der Waals surface area (Å²) in [6.45, 7) is 8.08. The molecule has 0 saturated carbocycles. The van der Waals surface area contributed by atoms with E-state index in [-0.39, 0.29) is 74.3 Å². The number of aliphatic hydroxyl groups is 3. The van der Waals surface area contributed by atoms with Crippen molar-refractivity contribution in [2.45, 2.75) is 78.1 Å². The number of nitrogens with zero attached hydrogens (tertiary/aromatic N) is 11. The maximum Gasteiger partial charge on any atom is 0.434 e. The van der Waals surface area contributed by atoms with Crippen LogP contribution in [0.1, 0.15) is 73.2 Å². The number of hydrogen-bond donors (Lipinski definition) is 4. The molecule has 79 heavy (non-hydrogen) atoms. The average Bonchev–Trinajstić information content (AvgIpc) is 4.22. The van der Waals surface area contributed by atoms with Gasteiger partial charge in [-0.2, -0.15) is 26.3 Å². The molecule has 0 aliphatic carbocycles. The molecule has 6 aromatic heterocycles. The molecule has 4 N–H and O–H groups in total. The van der Waals surface area contributed by atoms with E-state index < -0.39 is 23.7 Å². The lowest BCUT2D eigenvalue weighted by Crippen LogP contribution is -2.22. The van der Waals surface area contributed by atoms with E-state index in [0.29, 0.717) is 45.1 Å². The van der Waals surface area contributed by atoms with Crippen molar-refractivity contribution in [1.29, 1.82) is 0 Å². The van der Waals surface area contributed by atoms with Gasteiger partial charge in [-0.3, -0.25) is 13.7 Å². The van der Waals surface area contributed by atoms with Crippen molar-refractivity contribution in [3.63, 3.8) is 0 Å². The topological polar surface area (TPSA) is 213 Å². The van der Waals surface area contributed by atoms with Crippen LogP contribution in [0.3, 0.4) is 0 Å². The number of benzene rings is 4. The van der Waals surface area contributed by atoms with Crippen LogP contribution < -0.4 is 11.4 Å². The summed E-state index contributed by atoms with van der Waals surface area (Å²) in [6, 6.07) is 29.3. The number of aryl methyl sites for hydroxylation is 1. The van der Waals surface area contributed by atoms with Crippen LogP contribution in [-0.2, 0) is 45.6 Å². The van der Waals surface area contributed by atoms with Gasteiger partial charge in [0.25, 0.3) is 0 Å². The summed E-state index contributed by atoms with van der Waals surface area (Å²) < 4.78 is 86.4. The number of rotatable bonds is 14. The molecule has 23 heteroatoms. The van der Waals surface area contributed by atoms with E-state index in [1.165, 1.54) is 18.3 Å². The van der Waals surface area contributed by atoms with E-state index in [0.717, 1.165) is 52.9 Å². The number of nitrogens with one attached hydrogen (secondary N) is 1. The molecule has 0 unspecified atom stereocenters. The van der Waals surface area contributed by atoms with Gasteiger partial charge < -0.3 is 29.4 Å². The summed E-state index contributed by atoms with van der Waals surface area (Å²) in [5.74, 6) is 1.77. The van der Waals surface area contributed by atoms with Crippen LogP contribution in [0.15, 0.2) is 131 Å². The fraction of sp³-hybridized carbons (Fsp3) is 0.286. The zero-order valence-electron chi connectivity index (χ0n) is 43.8. The molecule has 0 aliphatic rings. The summed E-state index contributed by atoms with van der Waals surface area (Å²) in [6.07, 6.45) is -4.17. The number of H-pyrrole nitrogens is 1. The third-order valence-electron chi connectivity index (χ3n) is 13.0. The molecule has 0 radical (unpaired) electrons. The number of aliphatic hydroxyl groups excluding tert-OH is 3. The van der Waals surface area contributed by atoms with Gasteiger partial charge >= 0.3 is 23.7 Å². The molecular formula is C56H56F6N12O5. The molecule has 10 aromatic rings. The van der Waals surface area contributed by atoms with Gasteiger partial charge in [0.05, 0.1) is 38.7 Å². The number of halogens is 6. The van der Waals surface area contributed by atoms with Gasteiger partial charge in [0.2, 0.25) is 0 Å². The monoisotopic (exact) mass is 1090 g/mol. The molecule has 0 bridgehead atoms. The van der Waals surface area contributed by atoms with Gasteiger partial charge in [-0.25, -0.2) is 39.5 Å². The average molecular weight is 1090 g/mol. The summed E-state index contributed by atoms with van der Waals surface area (Å²) in [5, 5.41) is 25.5. The first-order valence-corrected chi connectivity index (χ1v) is 24.9. The molecule has 0 atom stereocenters. The van der Waals surface area contributed by atoms with E-state index in [2.05, 4.69) is 52.6 Å². The van der Waals surface area contributed by atoms with Gasteiger partial charge in [-0.05, 0) is 34.1 Å². The number of imidazole rings is 4. The lowest BCUT2D eigenvalue weighted by Gasteiger charge is -2.11. The lowest BCUT2D eigenvalue weighted by molar-refractivity contribution is -0.141. The Labute approximate surface area is 447 Å². The van der Waals surface area contributed by atoms with Gasteiger partial charge in [-0.15, -0.1) is 0 Å². The number of fused-ring (bicyclic) bond motifs is 2. The quantitative estimate of drug-likeness (QED) is 0.0754. The van der Waals surface area contributed by atoms with E-state index in [1.54, 1.807) is 72.5 Å². The Bertz CT molecular complexity index is 3850. The van der Waals surface area contributed by atoms with Crippen molar-refractivity contribution in [1.82, 2.24) is 57.7 Å². The zero-order chi connectivity index (χ0) is 56.9. The van der Waals surface area contributed by atoms with Crippen molar-refractivity contribution < 1.29 is 41.7 Å². The van der Waals surface area contributed by atoms with Gasteiger partial charge in [0, 0.05) is 61.9 Å². The second-order valence-electron chi connectivity index (χ2n) is 18.9. The number of aromatic amines is 1. The van der Waals surface area contributed by atoms with Gasteiger partial charge in [0.15, 0.2) is 34.3 Å². The fourth-order valence-electron chi connectivity index (χ4n) is 9.08. The highest BCUT2D eigenvalue weighted by molar-refractivity contribution is 5.75. The van der Waals surface area contributed by atoms with Gasteiger partial charge in [-0.1, -0.05) is 125 Å². The minimum absolute atomic E-state index is 0.0203. The van der Waals surface area contributed by atoms with Crippen LogP contribution in [0, 0.1) is 0 Å². The molecule has 0 aliphatic heterocycles. The SMILES string of the molecule is CC(C)c1ccccc1-c1ncc2[nH]c(=O)n(Cc3ccc(-c4nc(C(F)(F)F)cn4CCO)cc3)c2n1.CC(C)c1ccccc1-c1ncc2c(n1)n(Cc1ccc(-c3nc(C(F)(F)F)cn3CCO)cc1)c(=O)n2C.CO. The Balaban J connectivity index is 0.000000202. The third kappa shape index (κ3) is 12.1. The van der Waals surface area contributed by atoms with Crippen LogP contribution in [0.5, 0.6) is 0 Å². The molecular weight excluding hydrogens is 1030 g/mol. The van der Waals surface area contributed by atoms with Crippen LogP contribution in [-0.4, -0.2) is 93.4 Å². The second kappa shape index (κ2) is 23.6. The Morgan fingerprint density at radius 3 is 1.44 bits per heavy atom. The fourth-order valence-corrected chi connectivity index (χ4v) is 9.08. The Kier molecular flexibility index (Phi) is 16.9. The first-order valence-electron chi connectivity index (χ1n) is 24.9. The van der Waals surface area contributed by atoms with Crippen LogP contribution in [0.25, 0.3) is 67.9 Å². The molecule has 6 heterocycles. The molecule has 0 saturated heterocycles. The maximum absolute atomic E-state index is 13.2. The molecule has 0 spiro atoms. The second-order valence-corrected chi connectivity index (χ2v) is 18.9. The normalized spacial score (nSPS) is 11.9. The number of alkyl halides is 6. The van der Waals surface area contributed by atoms with E-state index in [1.807, 2.05) is 48.5 Å². The molecule has 0 amide bonds. The van der Waals surface area contributed by atoms with E-state index in [9.17, 15) is 46.1 Å². The highest BCUT2D eigenvalue weighted by Crippen LogP contribution is 2.34. The molecule has 412 valence electrons. The molecule has 0 fully saturated rings. The Hall–Kier alpha value is -8.54. The van der Waals surface area contributed by atoms with Crippen molar-refractivity contribution in [3.8, 4) is 45.6 Å². The van der Waals surface area contributed by atoms with Crippen LogP contribution in [0.4, 0.5) is 26.3 Å². The van der Waals surface area contributed by atoms with Crippen LogP contribution in [0.2, 0.25) is 0 Å². The van der Waals surface area contributed by atoms with Crippen LogP contribution >= 0.6 is 0 Å². The predicted molar refractivity (Wildman–Crippen MR) is 286 cm³/mol. The third-order valence-corrected chi connectivity index (χ3v) is 13.0. The van der Waals surface area contributed by atoms with Crippen molar-refractivity contribution in [3.05, 3.63) is 176 Å². The first-order chi connectivity index (χ1) is 37.7. The maximum atomic E-state index is 13.2. The highest BCUT2D eigenvalue weighted by atomic mass is 19.4. The summed E-state index contributed by atoms with van der Waals surface area (Å²) in [5.41, 5.74) is 5.80. The predicted octanol–water partition coefficient (Wildman–Crippen LogP) is 9.28. The van der Waals surface area contributed by atoms with Crippen molar-refractivity contribution in [2.75, 3.05) is 20.3 Å². The lowest BCUT2D eigenvalue weighted by atomic mass is 9.97. The zero-order valence-corrected chi connectivity index (χ0v) is 43.8. The standard InChI is InChI=1S/C28H27F3N6O2.C27H25F3N6O2.CH4O/c1-17(2)20-6-4-5-7-21(20)24-32-14-22-26(34-24)37(27(39)35(22)3)15-18-8-10-19(11-9-18)25-33-23(28(29,30)31)16-36(25)12-13-38;1-16(2)19-5-3-4-6-20(19)23-31-13-21-25(34-23)36(26(38)32-21)14-17-7-9-18(10-8-17)24-33-22(27(28,29)30)15-35(24)11-12-37;1-2/h4-11,14,16-17,38H,12-13,15H2,1-3H3;3-10,13,15-16,37H,11-12,14H2,1-2H3,(H,32,38);2H,1H3. The van der Waals surface area contributed by atoms with E-state index >= 15 is 0 Å². The van der Waals surface area contributed by atoms with Crippen molar-refractivity contribution >= 4 is 22.3 Å². The smallest absolute Gasteiger partial charge is 0.400 e. The minimum atomic E-state index is -4.60. The number of aromatic nitrogens is 12. The molecule has 17 nitrogen and oxygen atoms in total. The molecule has 4 aromatic carbocycles.